The number of ether oxygens (including phenoxy) is 2. The van der Waals surface area contributed by atoms with Gasteiger partial charge in [0.15, 0.2) is 11.5 Å². The Labute approximate surface area is 129 Å². The molecule has 2 aromatic rings. The number of fused-ring (bicyclic) bond motifs is 1. The largest absolute Gasteiger partial charge is 0.485 e. The summed E-state index contributed by atoms with van der Waals surface area (Å²) in [6.07, 6.45) is 0. The van der Waals surface area contributed by atoms with Gasteiger partial charge < -0.3 is 9.47 Å². The summed E-state index contributed by atoms with van der Waals surface area (Å²) >= 11 is 2.76. The van der Waals surface area contributed by atoms with Crippen LogP contribution >= 0.6 is 22.7 Å². The molecule has 2 aliphatic heterocycles. The predicted octanol–water partition coefficient (Wildman–Crippen LogP) is 3.32. The summed E-state index contributed by atoms with van der Waals surface area (Å²) < 4.78 is 37.2. The van der Waals surface area contributed by atoms with Crippen LogP contribution in [0.4, 0.5) is 0 Å². The van der Waals surface area contributed by atoms with Gasteiger partial charge in [0.2, 0.25) is 9.84 Å². The van der Waals surface area contributed by atoms with E-state index in [0.717, 1.165) is 0 Å². The first-order valence-electron chi connectivity index (χ1n) is 6.27. The van der Waals surface area contributed by atoms with Gasteiger partial charge in [0.1, 0.15) is 23.0 Å². The van der Waals surface area contributed by atoms with Crippen LogP contribution in [-0.4, -0.2) is 21.6 Å². The monoisotopic (exact) mass is 338 g/mol. The summed E-state index contributed by atoms with van der Waals surface area (Å²) in [6, 6.07) is 7.24. The van der Waals surface area contributed by atoms with Crippen molar-refractivity contribution in [2.24, 2.45) is 0 Å². The highest BCUT2D eigenvalue weighted by Crippen LogP contribution is 2.49. The fourth-order valence-electron chi connectivity index (χ4n) is 2.41. The van der Waals surface area contributed by atoms with Gasteiger partial charge in [-0.25, -0.2) is 8.42 Å². The van der Waals surface area contributed by atoms with Crippen LogP contribution in [-0.2, 0) is 19.3 Å². The van der Waals surface area contributed by atoms with Gasteiger partial charge in [-0.15, -0.1) is 22.7 Å². The summed E-state index contributed by atoms with van der Waals surface area (Å²) in [5.41, 5.74) is 0. The lowest BCUT2D eigenvalue weighted by atomic mass is 10.3. The standard InChI is InChI=1S/C14H10O4S3/c15-21(16)13(9-3-1-7-19-9)11-12(18-6-5-17-11)14(21)10-4-2-8-20-10/h1-4,7-8H,5-6H2. The highest BCUT2D eigenvalue weighted by molar-refractivity contribution is 8.09. The van der Waals surface area contributed by atoms with Crippen LogP contribution in [0, 0.1) is 0 Å². The quantitative estimate of drug-likeness (QED) is 0.843. The predicted molar refractivity (Wildman–Crippen MR) is 83.3 cm³/mol. The van der Waals surface area contributed by atoms with Crippen LogP contribution in [0.3, 0.4) is 0 Å². The van der Waals surface area contributed by atoms with Crippen molar-refractivity contribution in [3.05, 3.63) is 56.3 Å². The first-order chi connectivity index (χ1) is 10.2. The lowest BCUT2D eigenvalue weighted by Crippen LogP contribution is -2.13. The van der Waals surface area contributed by atoms with Gasteiger partial charge in [-0.1, -0.05) is 12.1 Å². The SMILES string of the molecule is O=S1(=O)C(c2cccs2)=C2OCCOC2=C1c1cccs1. The van der Waals surface area contributed by atoms with Gasteiger partial charge in [0, 0.05) is 9.75 Å². The van der Waals surface area contributed by atoms with E-state index in [1.807, 2.05) is 22.9 Å². The molecule has 4 heterocycles. The van der Waals surface area contributed by atoms with Gasteiger partial charge in [-0.3, -0.25) is 0 Å². The van der Waals surface area contributed by atoms with Crippen molar-refractivity contribution in [1.29, 1.82) is 0 Å². The Morgan fingerprint density at radius 1 is 0.857 bits per heavy atom. The molecule has 21 heavy (non-hydrogen) atoms. The summed E-state index contributed by atoms with van der Waals surface area (Å²) in [7, 11) is -3.63. The maximum absolute atomic E-state index is 13.0. The van der Waals surface area contributed by atoms with Crippen molar-refractivity contribution < 1.29 is 17.9 Å². The second kappa shape index (κ2) is 4.72. The van der Waals surface area contributed by atoms with E-state index in [0.29, 0.717) is 34.5 Å². The van der Waals surface area contributed by atoms with Crippen molar-refractivity contribution in [2.45, 2.75) is 0 Å². The van der Waals surface area contributed by atoms with E-state index < -0.39 is 9.84 Å². The van der Waals surface area contributed by atoms with E-state index in [1.165, 1.54) is 22.7 Å². The van der Waals surface area contributed by atoms with Gasteiger partial charge in [0.25, 0.3) is 0 Å². The molecule has 0 bridgehead atoms. The van der Waals surface area contributed by atoms with E-state index in [9.17, 15) is 8.42 Å². The van der Waals surface area contributed by atoms with E-state index in [-0.39, 0.29) is 9.81 Å². The van der Waals surface area contributed by atoms with Crippen molar-refractivity contribution in [3.8, 4) is 0 Å². The Hall–Kier alpha value is -1.57. The maximum Gasteiger partial charge on any atom is 0.217 e. The zero-order valence-corrected chi connectivity index (χ0v) is 13.2. The Morgan fingerprint density at radius 2 is 1.33 bits per heavy atom. The number of rotatable bonds is 2. The minimum absolute atomic E-state index is 0.232. The Morgan fingerprint density at radius 3 is 1.71 bits per heavy atom. The second-order valence-corrected chi connectivity index (χ2v) is 8.19. The third kappa shape index (κ3) is 1.88. The first-order valence-corrected chi connectivity index (χ1v) is 9.51. The molecule has 0 aromatic carbocycles. The van der Waals surface area contributed by atoms with Crippen LogP contribution in [0.15, 0.2) is 46.5 Å². The summed E-state index contributed by atoms with van der Waals surface area (Å²) in [6.45, 7) is 0.724. The third-order valence-electron chi connectivity index (χ3n) is 3.22. The Balaban J connectivity index is 2.00. The fraction of sp³-hybridized carbons (Fsp3) is 0.143. The molecular weight excluding hydrogens is 328 g/mol. The van der Waals surface area contributed by atoms with Crippen LogP contribution < -0.4 is 0 Å². The molecule has 0 saturated carbocycles. The molecule has 1 saturated heterocycles. The molecule has 108 valence electrons. The zero-order valence-electron chi connectivity index (χ0n) is 10.7. The molecule has 7 heteroatoms. The highest BCUT2D eigenvalue weighted by Gasteiger charge is 2.44. The summed E-state index contributed by atoms with van der Waals surface area (Å²) in [5, 5.41) is 3.70. The van der Waals surface area contributed by atoms with Crippen molar-refractivity contribution >= 4 is 42.3 Å². The van der Waals surface area contributed by atoms with Crippen molar-refractivity contribution in [1.82, 2.24) is 0 Å². The topological polar surface area (TPSA) is 52.6 Å². The first kappa shape index (κ1) is 13.1. The molecule has 1 fully saturated rings. The summed E-state index contributed by atoms with van der Waals surface area (Å²) in [5.74, 6) is 0.708. The molecule has 0 unspecified atom stereocenters. The lowest BCUT2D eigenvalue weighted by molar-refractivity contribution is 0.0635. The molecule has 0 aliphatic carbocycles. The molecule has 0 N–H and O–H groups in total. The highest BCUT2D eigenvalue weighted by atomic mass is 32.2. The van der Waals surface area contributed by atoms with Crippen LogP contribution in [0.1, 0.15) is 9.75 Å². The number of hydrogen-bond donors (Lipinski definition) is 0. The van der Waals surface area contributed by atoms with Crippen LogP contribution in [0.5, 0.6) is 0 Å². The molecule has 0 radical (unpaired) electrons. The number of hydrogen-bond acceptors (Lipinski definition) is 6. The lowest BCUT2D eigenvalue weighted by Gasteiger charge is -2.18. The molecule has 0 amide bonds. The van der Waals surface area contributed by atoms with E-state index >= 15 is 0 Å². The molecule has 4 nitrogen and oxygen atoms in total. The summed E-state index contributed by atoms with van der Waals surface area (Å²) in [4.78, 5) is 1.82. The Kier molecular flexibility index (Phi) is 2.95. The van der Waals surface area contributed by atoms with E-state index in [4.69, 9.17) is 9.47 Å². The molecule has 2 aliphatic rings. The van der Waals surface area contributed by atoms with Gasteiger partial charge in [0.05, 0.1) is 0 Å². The molecule has 0 spiro atoms. The van der Waals surface area contributed by atoms with Gasteiger partial charge >= 0.3 is 0 Å². The van der Waals surface area contributed by atoms with Crippen LogP contribution in [0.2, 0.25) is 0 Å². The number of thiophene rings is 2. The van der Waals surface area contributed by atoms with Crippen LogP contribution in [0.25, 0.3) is 9.81 Å². The van der Waals surface area contributed by atoms with E-state index in [1.54, 1.807) is 12.1 Å². The maximum atomic E-state index is 13.0. The van der Waals surface area contributed by atoms with Crippen molar-refractivity contribution in [2.75, 3.05) is 13.2 Å². The van der Waals surface area contributed by atoms with E-state index in [2.05, 4.69) is 0 Å². The van der Waals surface area contributed by atoms with Crippen molar-refractivity contribution in [3.63, 3.8) is 0 Å². The Bertz CT molecular complexity index is 774. The van der Waals surface area contributed by atoms with Gasteiger partial charge in [-0.05, 0) is 22.9 Å². The fourth-order valence-corrected chi connectivity index (χ4v) is 6.34. The number of sulfone groups is 1. The molecule has 4 rings (SSSR count). The second-order valence-electron chi connectivity index (χ2n) is 4.47. The van der Waals surface area contributed by atoms with Gasteiger partial charge in [-0.2, -0.15) is 0 Å². The zero-order chi connectivity index (χ0) is 14.4. The molecule has 2 aromatic heterocycles. The minimum atomic E-state index is -3.63. The molecular formula is C14H10O4S3. The average molecular weight is 338 g/mol. The normalized spacial score (nSPS) is 20.2. The third-order valence-corrected chi connectivity index (χ3v) is 7.14. The smallest absolute Gasteiger partial charge is 0.217 e. The molecule has 0 atom stereocenters. The average Bonchev–Trinajstić information content (AvgIpc) is 3.15. The minimum Gasteiger partial charge on any atom is -0.485 e.